The summed E-state index contributed by atoms with van der Waals surface area (Å²) >= 11 is 1.27. The van der Waals surface area contributed by atoms with Gasteiger partial charge in [-0.2, -0.15) is 8.42 Å². The molecule has 2 aromatic rings. The van der Waals surface area contributed by atoms with E-state index in [1.54, 1.807) is 6.92 Å². The molecular weight excluding hydrogens is 284 g/mol. The van der Waals surface area contributed by atoms with Crippen molar-refractivity contribution >= 4 is 26.5 Å². The third-order valence-corrected chi connectivity index (χ3v) is 4.60. The summed E-state index contributed by atoms with van der Waals surface area (Å²) in [5.74, 6) is 0.551. The van der Waals surface area contributed by atoms with Gasteiger partial charge in [0.05, 0.1) is 11.9 Å². The molecule has 0 radical (unpaired) electrons. The van der Waals surface area contributed by atoms with Gasteiger partial charge in [-0.1, -0.05) is 20.8 Å². The lowest BCUT2D eigenvalue weighted by Gasteiger charge is -2.14. The predicted molar refractivity (Wildman–Crippen MR) is 74.9 cm³/mol. The Morgan fingerprint density at radius 3 is 2.53 bits per heavy atom. The Labute approximate surface area is 116 Å². The van der Waals surface area contributed by atoms with E-state index in [9.17, 15) is 8.42 Å². The van der Waals surface area contributed by atoms with E-state index < -0.39 is 10.0 Å². The maximum Gasteiger partial charge on any atom is 0.280 e. The van der Waals surface area contributed by atoms with Crippen molar-refractivity contribution in [3.05, 3.63) is 23.1 Å². The Kier molecular flexibility index (Phi) is 3.40. The summed E-state index contributed by atoms with van der Waals surface area (Å²) < 4.78 is 26.6. The first-order valence-corrected chi connectivity index (χ1v) is 8.05. The highest BCUT2D eigenvalue weighted by Gasteiger charge is 2.21. The molecule has 0 unspecified atom stereocenters. The molecule has 0 atom stereocenters. The maximum atomic E-state index is 12.1. The smallest absolute Gasteiger partial charge is 0.280 e. The number of thiazole rings is 1. The van der Waals surface area contributed by atoms with Gasteiger partial charge in [-0.25, -0.2) is 9.97 Å². The molecule has 0 spiro atoms. The van der Waals surface area contributed by atoms with Gasteiger partial charge in [0, 0.05) is 10.8 Å². The minimum atomic E-state index is -3.64. The maximum absolute atomic E-state index is 12.1. The lowest BCUT2D eigenvalue weighted by Crippen LogP contribution is -2.15. The van der Waals surface area contributed by atoms with Gasteiger partial charge < -0.3 is 4.98 Å². The third kappa shape index (κ3) is 3.13. The minimum absolute atomic E-state index is 0.0394. The first-order chi connectivity index (χ1) is 8.68. The third-order valence-electron chi connectivity index (χ3n) is 2.46. The summed E-state index contributed by atoms with van der Waals surface area (Å²) in [4.78, 5) is 10.9. The second-order valence-electron chi connectivity index (χ2n) is 5.23. The van der Waals surface area contributed by atoms with Crippen LogP contribution in [-0.4, -0.2) is 23.4 Å². The van der Waals surface area contributed by atoms with Crippen LogP contribution in [0.4, 0.5) is 5.13 Å². The van der Waals surface area contributed by atoms with Crippen molar-refractivity contribution < 1.29 is 8.42 Å². The molecular formula is C11H16N4O2S2. The number of aromatic nitrogens is 3. The van der Waals surface area contributed by atoms with E-state index in [1.165, 1.54) is 17.5 Å². The number of aromatic amines is 1. The Balaban J connectivity index is 2.24. The number of aryl methyl sites for hydroxylation is 1. The van der Waals surface area contributed by atoms with Gasteiger partial charge in [-0.05, 0) is 6.92 Å². The summed E-state index contributed by atoms with van der Waals surface area (Å²) in [5, 5.41) is 2.26. The van der Waals surface area contributed by atoms with Crippen LogP contribution in [0.3, 0.4) is 0 Å². The van der Waals surface area contributed by atoms with Gasteiger partial charge >= 0.3 is 0 Å². The molecule has 19 heavy (non-hydrogen) atoms. The number of hydrogen-bond donors (Lipinski definition) is 2. The standard InChI is InChI=1S/C11H16N4O2S2/c1-7-12-5-9(13-7)19(16,17)15-10-14-8(6-18-10)11(2,3)4/h5-6H,1-4H3,(H,12,13)(H,14,15). The summed E-state index contributed by atoms with van der Waals surface area (Å²) in [6.07, 6.45) is 1.29. The van der Waals surface area contributed by atoms with Crippen molar-refractivity contribution in [2.24, 2.45) is 0 Å². The zero-order chi connectivity index (χ0) is 14.3. The molecule has 0 amide bonds. The highest BCUT2D eigenvalue weighted by Crippen LogP contribution is 2.27. The molecule has 0 aliphatic heterocycles. The number of anilines is 1. The van der Waals surface area contributed by atoms with Gasteiger partial charge in [0.25, 0.3) is 10.0 Å². The van der Waals surface area contributed by atoms with E-state index in [0.717, 1.165) is 5.69 Å². The fraction of sp³-hybridized carbons (Fsp3) is 0.455. The van der Waals surface area contributed by atoms with Crippen molar-refractivity contribution in [3.8, 4) is 0 Å². The number of rotatable bonds is 3. The molecule has 0 aliphatic carbocycles. The fourth-order valence-corrected chi connectivity index (χ4v) is 3.53. The topological polar surface area (TPSA) is 87.7 Å². The van der Waals surface area contributed by atoms with Crippen molar-refractivity contribution in [2.45, 2.75) is 38.1 Å². The number of sulfonamides is 1. The second kappa shape index (κ2) is 4.61. The molecule has 0 bridgehead atoms. The van der Waals surface area contributed by atoms with Crippen LogP contribution in [0.15, 0.2) is 16.6 Å². The predicted octanol–water partition coefficient (Wildman–Crippen LogP) is 2.27. The largest absolute Gasteiger partial charge is 0.332 e. The van der Waals surface area contributed by atoms with Crippen LogP contribution in [0.1, 0.15) is 32.3 Å². The van der Waals surface area contributed by atoms with Crippen LogP contribution in [0.25, 0.3) is 0 Å². The van der Waals surface area contributed by atoms with Gasteiger partial charge in [0.15, 0.2) is 10.2 Å². The molecule has 0 aromatic carbocycles. The van der Waals surface area contributed by atoms with E-state index in [2.05, 4.69) is 19.7 Å². The molecule has 2 heterocycles. The van der Waals surface area contributed by atoms with Crippen LogP contribution >= 0.6 is 11.3 Å². The average molecular weight is 300 g/mol. The average Bonchev–Trinajstić information content (AvgIpc) is 2.85. The van der Waals surface area contributed by atoms with Gasteiger partial charge in [0.2, 0.25) is 0 Å². The van der Waals surface area contributed by atoms with E-state index in [1.807, 2.05) is 26.2 Å². The zero-order valence-corrected chi connectivity index (χ0v) is 12.8. The quantitative estimate of drug-likeness (QED) is 0.910. The molecule has 8 heteroatoms. The van der Waals surface area contributed by atoms with Crippen LogP contribution in [0.5, 0.6) is 0 Å². The van der Waals surface area contributed by atoms with Gasteiger partial charge in [-0.3, -0.25) is 4.72 Å². The van der Waals surface area contributed by atoms with Crippen LogP contribution in [0.2, 0.25) is 0 Å². The Bertz CT molecular complexity index is 680. The summed E-state index contributed by atoms with van der Waals surface area (Å²) in [7, 11) is -3.64. The molecule has 2 aromatic heterocycles. The Morgan fingerprint density at radius 2 is 2.05 bits per heavy atom. The number of nitrogens with zero attached hydrogens (tertiary/aromatic N) is 2. The van der Waals surface area contributed by atoms with Gasteiger partial charge in [0.1, 0.15) is 5.82 Å². The zero-order valence-electron chi connectivity index (χ0n) is 11.2. The molecule has 2 N–H and O–H groups in total. The number of hydrogen-bond acceptors (Lipinski definition) is 5. The summed E-state index contributed by atoms with van der Waals surface area (Å²) in [5.41, 5.74) is 0.751. The van der Waals surface area contributed by atoms with E-state index in [4.69, 9.17) is 0 Å². The molecule has 0 fully saturated rings. The van der Waals surface area contributed by atoms with E-state index >= 15 is 0 Å². The monoisotopic (exact) mass is 300 g/mol. The minimum Gasteiger partial charge on any atom is -0.332 e. The van der Waals surface area contributed by atoms with Crippen molar-refractivity contribution in [1.82, 2.24) is 15.0 Å². The molecule has 0 saturated carbocycles. The SMILES string of the molecule is Cc1ncc(S(=O)(=O)Nc2nc(C(C)(C)C)cs2)[nH]1. The Hall–Kier alpha value is -1.41. The van der Waals surface area contributed by atoms with Crippen LogP contribution < -0.4 is 4.72 Å². The first-order valence-electron chi connectivity index (χ1n) is 5.69. The van der Waals surface area contributed by atoms with Crippen molar-refractivity contribution in [1.29, 1.82) is 0 Å². The summed E-state index contributed by atoms with van der Waals surface area (Å²) in [6.45, 7) is 7.77. The highest BCUT2D eigenvalue weighted by atomic mass is 32.2. The molecule has 6 nitrogen and oxygen atoms in total. The lowest BCUT2D eigenvalue weighted by molar-refractivity contribution is 0.573. The molecule has 104 valence electrons. The fourth-order valence-electron chi connectivity index (χ4n) is 1.37. The second-order valence-corrected chi connectivity index (χ2v) is 7.74. The summed E-state index contributed by atoms with van der Waals surface area (Å²) in [6, 6.07) is 0. The molecule has 0 aliphatic rings. The highest BCUT2D eigenvalue weighted by molar-refractivity contribution is 7.92. The molecule has 0 saturated heterocycles. The van der Waals surface area contributed by atoms with Crippen LogP contribution in [0, 0.1) is 6.92 Å². The Morgan fingerprint density at radius 1 is 1.37 bits per heavy atom. The van der Waals surface area contributed by atoms with Crippen LogP contribution in [-0.2, 0) is 15.4 Å². The van der Waals surface area contributed by atoms with Crippen molar-refractivity contribution in [2.75, 3.05) is 4.72 Å². The molecule has 2 rings (SSSR count). The van der Waals surface area contributed by atoms with E-state index in [0.29, 0.717) is 11.0 Å². The number of H-pyrrole nitrogens is 1. The number of nitrogens with one attached hydrogen (secondary N) is 2. The normalized spacial score (nSPS) is 12.6. The first kappa shape index (κ1) is 14.0. The van der Waals surface area contributed by atoms with Gasteiger partial charge in [-0.15, -0.1) is 11.3 Å². The number of imidazole rings is 1. The van der Waals surface area contributed by atoms with E-state index in [-0.39, 0.29) is 10.4 Å². The lowest BCUT2D eigenvalue weighted by atomic mass is 9.93. The van der Waals surface area contributed by atoms with Crippen molar-refractivity contribution in [3.63, 3.8) is 0 Å².